The van der Waals surface area contributed by atoms with Gasteiger partial charge in [-0.05, 0) is 29.8 Å². The maximum absolute atomic E-state index is 11.7. The number of benzene rings is 2. The number of carbonyl (C=O) groups excluding carboxylic acids is 1. The number of carbonyl (C=O) groups is 1. The second kappa shape index (κ2) is 6.08. The van der Waals surface area contributed by atoms with Crippen molar-refractivity contribution in [2.75, 3.05) is 6.61 Å². The largest absolute Gasteiger partial charge is 0.485 e. The summed E-state index contributed by atoms with van der Waals surface area (Å²) in [6, 6.07) is 14.4. The highest BCUT2D eigenvalue weighted by atomic mass is 35.5. The van der Waals surface area contributed by atoms with Crippen LogP contribution in [0.4, 0.5) is 0 Å². The number of ether oxygens (including phenoxy) is 2. The van der Waals surface area contributed by atoms with Crippen molar-refractivity contribution < 1.29 is 14.3 Å². The molecule has 1 heterocycles. The van der Waals surface area contributed by atoms with Crippen LogP contribution in [-0.4, -0.2) is 12.9 Å². The molecule has 0 bridgehead atoms. The van der Waals surface area contributed by atoms with Crippen LogP contribution in [0.2, 0.25) is 5.02 Å². The van der Waals surface area contributed by atoms with Crippen LogP contribution in [0.5, 0.6) is 5.75 Å². The number of halogens is 1. The van der Waals surface area contributed by atoms with Crippen molar-refractivity contribution in [2.24, 2.45) is 0 Å². The summed E-state index contributed by atoms with van der Waals surface area (Å²) in [4.78, 5) is 11.7. The third kappa shape index (κ3) is 2.76. The van der Waals surface area contributed by atoms with Gasteiger partial charge < -0.3 is 9.47 Å². The third-order valence-electron chi connectivity index (χ3n) is 3.28. The first kappa shape index (κ1) is 14.4. The van der Waals surface area contributed by atoms with E-state index in [-0.39, 0.29) is 6.61 Å². The lowest BCUT2D eigenvalue weighted by atomic mass is 10.0. The third-order valence-corrected chi connectivity index (χ3v) is 3.54. The molecule has 0 saturated carbocycles. The number of hydrogen-bond acceptors (Lipinski definition) is 3. The van der Waals surface area contributed by atoms with Crippen LogP contribution in [0, 0.1) is 0 Å². The monoisotopic (exact) mass is 312 g/mol. The molecule has 110 valence electrons. The highest BCUT2D eigenvalue weighted by molar-refractivity contribution is 6.30. The molecule has 3 rings (SSSR count). The highest BCUT2D eigenvalue weighted by Crippen LogP contribution is 2.36. The quantitative estimate of drug-likeness (QED) is 0.611. The molecule has 0 N–H and O–H groups in total. The molecular weight excluding hydrogens is 300 g/mol. The maximum atomic E-state index is 11.7. The molecule has 3 nitrogen and oxygen atoms in total. The predicted octanol–water partition coefficient (Wildman–Crippen LogP) is 4.33. The Morgan fingerprint density at radius 1 is 1.14 bits per heavy atom. The fourth-order valence-corrected chi connectivity index (χ4v) is 2.38. The van der Waals surface area contributed by atoms with Crippen LogP contribution >= 0.6 is 11.6 Å². The van der Waals surface area contributed by atoms with Crippen molar-refractivity contribution in [3.8, 4) is 5.75 Å². The van der Waals surface area contributed by atoms with Gasteiger partial charge in [-0.15, -0.1) is 0 Å². The van der Waals surface area contributed by atoms with Crippen molar-refractivity contribution in [1.82, 2.24) is 0 Å². The predicted molar refractivity (Wildman–Crippen MR) is 86.5 cm³/mol. The van der Waals surface area contributed by atoms with Crippen LogP contribution in [0.25, 0.3) is 11.3 Å². The summed E-state index contributed by atoms with van der Waals surface area (Å²) in [5.74, 6) is 1.54. The first-order chi connectivity index (χ1) is 10.7. The molecule has 0 fully saturated rings. The van der Waals surface area contributed by atoms with Gasteiger partial charge >= 0.3 is 0 Å². The number of hydrogen-bond donors (Lipinski definition) is 0. The van der Waals surface area contributed by atoms with E-state index in [4.69, 9.17) is 21.1 Å². The smallest absolute Gasteiger partial charge is 0.154 e. The van der Waals surface area contributed by atoms with E-state index in [2.05, 4.69) is 6.58 Å². The van der Waals surface area contributed by atoms with Crippen LogP contribution < -0.4 is 4.74 Å². The Hall–Kier alpha value is -2.52. The molecule has 4 heteroatoms. The zero-order chi connectivity index (χ0) is 15.5. The maximum Gasteiger partial charge on any atom is 0.154 e. The normalized spacial score (nSPS) is 16.0. The second-order valence-electron chi connectivity index (χ2n) is 4.79. The minimum atomic E-state index is 0.243. The Morgan fingerprint density at radius 3 is 2.59 bits per heavy atom. The summed E-state index contributed by atoms with van der Waals surface area (Å²) in [6.07, 6.45) is 0.772. The van der Waals surface area contributed by atoms with Gasteiger partial charge in [-0.2, -0.15) is 0 Å². The van der Waals surface area contributed by atoms with Crippen molar-refractivity contribution in [3.63, 3.8) is 0 Å². The minimum absolute atomic E-state index is 0.243. The van der Waals surface area contributed by atoms with Gasteiger partial charge in [-0.1, -0.05) is 42.4 Å². The van der Waals surface area contributed by atoms with Gasteiger partial charge in [0.2, 0.25) is 0 Å². The van der Waals surface area contributed by atoms with Gasteiger partial charge in [0.1, 0.15) is 23.9 Å². The first-order valence-electron chi connectivity index (χ1n) is 6.72. The lowest BCUT2D eigenvalue weighted by Crippen LogP contribution is -1.99. The van der Waals surface area contributed by atoms with Crippen molar-refractivity contribution in [3.05, 3.63) is 77.0 Å². The molecule has 0 radical (unpaired) electrons. The molecule has 22 heavy (non-hydrogen) atoms. The van der Waals surface area contributed by atoms with E-state index in [9.17, 15) is 4.79 Å². The Labute approximate surface area is 133 Å². The molecule has 1 aliphatic heterocycles. The van der Waals surface area contributed by atoms with Crippen LogP contribution in [0.15, 0.2) is 60.9 Å². The van der Waals surface area contributed by atoms with E-state index in [1.807, 2.05) is 24.3 Å². The Kier molecular flexibility index (Phi) is 3.98. The topological polar surface area (TPSA) is 35.5 Å². The van der Waals surface area contributed by atoms with Crippen molar-refractivity contribution in [2.45, 2.75) is 0 Å². The second-order valence-corrected chi connectivity index (χ2v) is 5.23. The summed E-state index contributed by atoms with van der Waals surface area (Å²) >= 11 is 5.91. The fraction of sp³-hybridized carbons (Fsp3) is 0.0556. The zero-order valence-corrected chi connectivity index (χ0v) is 12.5. The van der Waals surface area contributed by atoms with Gasteiger partial charge in [-0.25, -0.2) is 0 Å². The number of fused-ring (bicyclic) bond motifs is 1. The Balaban J connectivity index is 2.22. The van der Waals surface area contributed by atoms with Crippen LogP contribution in [0.1, 0.15) is 11.1 Å². The fourth-order valence-electron chi connectivity index (χ4n) is 2.25. The lowest BCUT2D eigenvalue weighted by Gasteiger charge is -2.12. The highest BCUT2D eigenvalue weighted by Gasteiger charge is 2.21. The van der Waals surface area contributed by atoms with E-state index in [0.29, 0.717) is 27.9 Å². The van der Waals surface area contributed by atoms with Crippen molar-refractivity contribution in [1.29, 1.82) is 0 Å². The van der Waals surface area contributed by atoms with Gasteiger partial charge in [0.05, 0.1) is 11.1 Å². The molecule has 0 saturated heterocycles. The molecular formula is C18H13ClO3. The van der Waals surface area contributed by atoms with E-state index >= 15 is 0 Å². The lowest BCUT2D eigenvalue weighted by molar-refractivity contribution is -0.103. The molecule has 2 aromatic rings. The number of rotatable bonds is 2. The average molecular weight is 313 g/mol. The van der Waals surface area contributed by atoms with E-state index in [0.717, 1.165) is 17.4 Å². The number of para-hydroxylation sites is 1. The summed E-state index contributed by atoms with van der Waals surface area (Å²) < 4.78 is 11.4. The molecule has 1 aliphatic rings. The summed E-state index contributed by atoms with van der Waals surface area (Å²) in [5, 5.41) is 0.605. The minimum Gasteiger partial charge on any atom is -0.485 e. The molecule has 0 spiro atoms. The molecule has 0 aliphatic carbocycles. The van der Waals surface area contributed by atoms with Crippen molar-refractivity contribution >= 4 is 29.2 Å². The molecule has 0 amide bonds. The van der Waals surface area contributed by atoms with Crippen LogP contribution in [0.3, 0.4) is 0 Å². The summed E-state index contributed by atoms with van der Waals surface area (Å²) in [5.41, 5.74) is 1.87. The standard InChI is InChI=1S/C18H13ClO3/c1-12-11-21-17-5-3-2-4-15(17)18(22-12)16(10-20)13-6-8-14(19)9-7-13/h2-10H,1,11H2/b18-16-. The molecule has 0 atom stereocenters. The van der Waals surface area contributed by atoms with E-state index < -0.39 is 0 Å². The van der Waals surface area contributed by atoms with E-state index in [1.54, 1.807) is 24.3 Å². The molecule has 2 aromatic carbocycles. The van der Waals surface area contributed by atoms with Gasteiger partial charge in [0.15, 0.2) is 6.29 Å². The van der Waals surface area contributed by atoms with Gasteiger partial charge in [0.25, 0.3) is 0 Å². The average Bonchev–Trinajstić information content (AvgIpc) is 2.70. The number of aldehydes is 1. The SMILES string of the molecule is C=C1COc2ccccc2/C(=C(\C=O)c2ccc(Cl)cc2)O1. The molecule has 0 unspecified atom stereocenters. The van der Waals surface area contributed by atoms with E-state index in [1.165, 1.54) is 0 Å². The molecule has 0 aromatic heterocycles. The Bertz CT molecular complexity index is 760. The first-order valence-corrected chi connectivity index (χ1v) is 7.10. The zero-order valence-electron chi connectivity index (χ0n) is 11.7. The van der Waals surface area contributed by atoms with Gasteiger partial charge in [0, 0.05) is 5.02 Å². The Morgan fingerprint density at radius 2 is 1.86 bits per heavy atom. The summed E-state index contributed by atoms with van der Waals surface area (Å²) in [7, 11) is 0. The van der Waals surface area contributed by atoms with Gasteiger partial charge in [-0.3, -0.25) is 4.79 Å². The van der Waals surface area contributed by atoms with Crippen LogP contribution in [-0.2, 0) is 9.53 Å². The number of allylic oxidation sites excluding steroid dienone is 1. The summed E-state index contributed by atoms with van der Waals surface area (Å²) in [6.45, 7) is 4.06.